The van der Waals surface area contributed by atoms with Crippen LogP contribution in [0.1, 0.15) is 5.56 Å². The van der Waals surface area contributed by atoms with Gasteiger partial charge in [-0.15, -0.1) is 0 Å². The first-order valence-electron chi connectivity index (χ1n) is 8.18. The van der Waals surface area contributed by atoms with Gasteiger partial charge in [0.2, 0.25) is 6.10 Å². The lowest BCUT2D eigenvalue weighted by molar-refractivity contribution is -0.140. The predicted molar refractivity (Wildman–Crippen MR) is 94.6 cm³/mol. The van der Waals surface area contributed by atoms with Crippen LogP contribution in [0, 0.1) is 0 Å². The molecule has 0 saturated carbocycles. The first-order valence-corrected chi connectivity index (χ1v) is 8.18. The number of rotatable bonds is 3. The summed E-state index contributed by atoms with van der Waals surface area (Å²) in [6.07, 6.45) is 1.17. The minimum atomic E-state index is -0.631. The Morgan fingerprint density at radius 2 is 1.92 bits per heavy atom. The standard InChI is InChI=1S/C20H18N2O3/c1-22(12-14-10-15-6-2-3-7-16(15)21-11-14)20(23)19-13-24-17-8-4-5-9-18(17)25-19/h2-11,19H,12-13H2,1H3. The van der Waals surface area contributed by atoms with Crippen LogP contribution in [0.5, 0.6) is 11.5 Å². The monoisotopic (exact) mass is 334 g/mol. The number of aromatic nitrogens is 1. The number of benzene rings is 2. The summed E-state index contributed by atoms with van der Waals surface area (Å²) in [7, 11) is 1.77. The second-order valence-electron chi connectivity index (χ2n) is 6.09. The van der Waals surface area contributed by atoms with Crippen molar-refractivity contribution in [3.8, 4) is 11.5 Å². The second-order valence-corrected chi connectivity index (χ2v) is 6.09. The molecule has 1 amide bonds. The number of carbonyl (C=O) groups is 1. The van der Waals surface area contributed by atoms with E-state index in [9.17, 15) is 4.79 Å². The molecular weight excluding hydrogens is 316 g/mol. The van der Waals surface area contributed by atoms with Crippen LogP contribution in [0.25, 0.3) is 10.9 Å². The van der Waals surface area contributed by atoms with Gasteiger partial charge in [-0.2, -0.15) is 0 Å². The van der Waals surface area contributed by atoms with Crippen LogP contribution < -0.4 is 9.47 Å². The van der Waals surface area contributed by atoms with Crippen LogP contribution in [0.4, 0.5) is 0 Å². The molecule has 1 aliphatic rings. The van der Waals surface area contributed by atoms with Gasteiger partial charge in [-0.05, 0) is 29.8 Å². The van der Waals surface area contributed by atoms with Gasteiger partial charge in [0.15, 0.2) is 11.5 Å². The van der Waals surface area contributed by atoms with E-state index in [0.717, 1.165) is 16.5 Å². The van der Waals surface area contributed by atoms with Gasteiger partial charge in [0.1, 0.15) is 6.61 Å². The number of carbonyl (C=O) groups excluding carboxylic acids is 1. The van der Waals surface area contributed by atoms with E-state index in [1.54, 1.807) is 18.1 Å². The summed E-state index contributed by atoms with van der Waals surface area (Å²) in [5.41, 5.74) is 1.92. The minimum Gasteiger partial charge on any atom is -0.485 e. The normalized spacial score (nSPS) is 15.8. The maximum Gasteiger partial charge on any atom is 0.267 e. The summed E-state index contributed by atoms with van der Waals surface area (Å²) in [5.74, 6) is 1.17. The van der Waals surface area contributed by atoms with E-state index >= 15 is 0 Å². The molecule has 0 bridgehead atoms. The van der Waals surface area contributed by atoms with Crippen molar-refractivity contribution in [3.05, 3.63) is 66.4 Å². The van der Waals surface area contributed by atoms with Gasteiger partial charge in [0, 0.05) is 25.2 Å². The van der Waals surface area contributed by atoms with Crippen molar-refractivity contribution in [2.24, 2.45) is 0 Å². The summed E-state index contributed by atoms with van der Waals surface area (Å²) in [5, 5.41) is 1.06. The van der Waals surface area contributed by atoms with Crippen LogP contribution in [0.15, 0.2) is 60.8 Å². The molecule has 25 heavy (non-hydrogen) atoms. The fraction of sp³-hybridized carbons (Fsp3) is 0.200. The molecule has 2 aromatic carbocycles. The van der Waals surface area contributed by atoms with E-state index in [1.165, 1.54) is 0 Å². The highest BCUT2D eigenvalue weighted by Gasteiger charge is 2.29. The lowest BCUT2D eigenvalue weighted by Gasteiger charge is -2.28. The Labute approximate surface area is 145 Å². The zero-order chi connectivity index (χ0) is 17.2. The van der Waals surface area contributed by atoms with Gasteiger partial charge in [-0.25, -0.2) is 0 Å². The molecule has 1 unspecified atom stereocenters. The number of nitrogens with zero attached hydrogens (tertiary/aromatic N) is 2. The molecule has 3 aromatic rings. The SMILES string of the molecule is CN(Cc1cnc2ccccc2c1)C(=O)C1COc2ccccc2O1. The summed E-state index contributed by atoms with van der Waals surface area (Å²) in [6.45, 7) is 0.689. The fourth-order valence-corrected chi connectivity index (χ4v) is 2.94. The number of ether oxygens (including phenoxy) is 2. The van der Waals surface area contributed by atoms with Crippen molar-refractivity contribution < 1.29 is 14.3 Å². The van der Waals surface area contributed by atoms with Crippen molar-refractivity contribution in [2.75, 3.05) is 13.7 Å². The molecule has 0 spiro atoms. The summed E-state index contributed by atoms with van der Waals surface area (Å²) in [4.78, 5) is 18.8. The van der Waals surface area contributed by atoms with E-state index in [-0.39, 0.29) is 12.5 Å². The topological polar surface area (TPSA) is 51.7 Å². The first kappa shape index (κ1) is 15.4. The lowest BCUT2D eigenvalue weighted by atomic mass is 10.1. The third kappa shape index (κ3) is 3.13. The molecule has 0 fully saturated rings. The van der Waals surface area contributed by atoms with E-state index in [2.05, 4.69) is 11.1 Å². The molecule has 0 radical (unpaired) electrons. The Morgan fingerprint density at radius 1 is 1.16 bits per heavy atom. The van der Waals surface area contributed by atoms with Crippen LogP contribution in [0.2, 0.25) is 0 Å². The Morgan fingerprint density at radius 3 is 2.80 bits per heavy atom. The molecule has 4 rings (SSSR count). The van der Waals surface area contributed by atoms with Crippen LogP contribution in [-0.2, 0) is 11.3 Å². The van der Waals surface area contributed by atoms with Crippen molar-refractivity contribution in [1.82, 2.24) is 9.88 Å². The molecule has 126 valence electrons. The Kier molecular flexibility index (Phi) is 3.98. The van der Waals surface area contributed by atoms with Crippen molar-refractivity contribution in [1.29, 1.82) is 0 Å². The minimum absolute atomic E-state index is 0.109. The van der Waals surface area contributed by atoms with Crippen LogP contribution in [0.3, 0.4) is 0 Å². The van der Waals surface area contributed by atoms with Crippen molar-refractivity contribution in [2.45, 2.75) is 12.6 Å². The molecule has 1 atom stereocenters. The van der Waals surface area contributed by atoms with Gasteiger partial charge in [-0.3, -0.25) is 9.78 Å². The Hall–Kier alpha value is -3.08. The smallest absolute Gasteiger partial charge is 0.267 e. The molecule has 0 saturated heterocycles. The maximum atomic E-state index is 12.7. The molecule has 5 nitrogen and oxygen atoms in total. The number of amides is 1. The molecular formula is C20H18N2O3. The zero-order valence-electron chi connectivity index (χ0n) is 13.9. The molecule has 1 aromatic heterocycles. The third-order valence-electron chi connectivity index (χ3n) is 4.23. The summed E-state index contributed by atoms with van der Waals surface area (Å²) < 4.78 is 11.4. The number of pyridine rings is 1. The van der Waals surface area contributed by atoms with Crippen molar-refractivity contribution >= 4 is 16.8 Å². The van der Waals surface area contributed by atoms with Gasteiger partial charge in [-0.1, -0.05) is 30.3 Å². The molecule has 0 N–H and O–H groups in total. The summed E-state index contributed by atoms with van der Waals surface area (Å²) >= 11 is 0. The number of para-hydroxylation sites is 3. The maximum absolute atomic E-state index is 12.7. The number of hydrogen-bond acceptors (Lipinski definition) is 4. The average Bonchev–Trinajstić information content (AvgIpc) is 2.67. The molecule has 5 heteroatoms. The summed E-state index contributed by atoms with van der Waals surface area (Å²) in [6, 6.07) is 17.4. The zero-order valence-corrected chi connectivity index (χ0v) is 13.9. The highest BCUT2D eigenvalue weighted by Crippen LogP contribution is 2.31. The first-order chi connectivity index (χ1) is 12.2. The lowest BCUT2D eigenvalue weighted by Crippen LogP contribution is -2.44. The van der Waals surface area contributed by atoms with Gasteiger partial charge < -0.3 is 14.4 Å². The third-order valence-corrected chi connectivity index (χ3v) is 4.23. The van der Waals surface area contributed by atoms with Crippen molar-refractivity contribution in [3.63, 3.8) is 0 Å². The largest absolute Gasteiger partial charge is 0.485 e. The van der Waals surface area contributed by atoms with Crippen LogP contribution in [-0.4, -0.2) is 35.5 Å². The molecule has 0 aliphatic carbocycles. The van der Waals surface area contributed by atoms with Crippen LogP contribution >= 0.6 is 0 Å². The second kappa shape index (κ2) is 6.43. The van der Waals surface area contributed by atoms with Gasteiger partial charge >= 0.3 is 0 Å². The average molecular weight is 334 g/mol. The van der Waals surface area contributed by atoms with E-state index < -0.39 is 6.10 Å². The molecule has 2 heterocycles. The quantitative estimate of drug-likeness (QED) is 0.739. The van der Waals surface area contributed by atoms with E-state index in [4.69, 9.17) is 9.47 Å². The highest BCUT2D eigenvalue weighted by molar-refractivity contribution is 5.82. The fourth-order valence-electron chi connectivity index (χ4n) is 2.94. The predicted octanol–water partition coefficient (Wildman–Crippen LogP) is 3.03. The Bertz CT molecular complexity index is 925. The number of hydrogen-bond donors (Lipinski definition) is 0. The highest BCUT2D eigenvalue weighted by atomic mass is 16.6. The van der Waals surface area contributed by atoms with Gasteiger partial charge in [0.25, 0.3) is 5.91 Å². The Balaban J connectivity index is 1.47. The van der Waals surface area contributed by atoms with Gasteiger partial charge in [0.05, 0.1) is 5.52 Å². The number of likely N-dealkylation sites (N-methyl/N-ethyl adjacent to an activating group) is 1. The van der Waals surface area contributed by atoms with E-state index in [1.807, 2.05) is 48.5 Å². The van der Waals surface area contributed by atoms with E-state index in [0.29, 0.717) is 18.0 Å². The molecule has 1 aliphatic heterocycles. The number of fused-ring (bicyclic) bond motifs is 2.